The Balaban J connectivity index is 1.49. The summed E-state index contributed by atoms with van der Waals surface area (Å²) in [6.45, 7) is 2.03. The molecule has 2 aromatic rings. The normalized spacial score (nSPS) is 14.4. The fraction of sp³-hybridized carbons (Fsp3) is 0.300. The lowest BCUT2D eigenvalue weighted by molar-refractivity contribution is -0.127. The van der Waals surface area contributed by atoms with Crippen molar-refractivity contribution in [3.05, 3.63) is 64.7 Å². The number of carbonyl (C=O) groups is 2. The zero-order chi connectivity index (χ0) is 18.5. The zero-order valence-electron chi connectivity index (χ0n) is 14.5. The van der Waals surface area contributed by atoms with Gasteiger partial charge in [0, 0.05) is 18.2 Å². The van der Waals surface area contributed by atoms with Gasteiger partial charge in [-0.05, 0) is 49.6 Å². The number of hydrogen-bond donors (Lipinski definition) is 2. The average molecular weight is 373 g/mol. The maximum Gasteiger partial charge on any atom is 0.261 e. The van der Waals surface area contributed by atoms with Gasteiger partial charge in [0.05, 0.1) is 5.02 Å². The van der Waals surface area contributed by atoms with E-state index >= 15 is 0 Å². The SMILES string of the molecule is CC(Oc1ccccc1Cl)C(=O)NCc1ccc(C(=O)NC2CC2)cc1. The van der Waals surface area contributed by atoms with Gasteiger partial charge >= 0.3 is 0 Å². The molecule has 0 saturated heterocycles. The van der Waals surface area contributed by atoms with Crippen LogP contribution in [0.5, 0.6) is 5.75 Å². The second-order valence-electron chi connectivity index (χ2n) is 6.35. The molecule has 26 heavy (non-hydrogen) atoms. The Morgan fingerprint density at radius 3 is 2.50 bits per heavy atom. The lowest BCUT2D eigenvalue weighted by atomic mass is 10.1. The third kappa shape index (κ3) is 4.99. The van der Waals surface area contributed by atoms with E-state index in [-0.39, 0.29) is 11.8 Å². The number of carbonyl (C=O) groups excluding carboxylic acids is 2. The molecule has 1 atom stereocenters. The number of benzene rings is 2. The third-order valence-electron chi connectivity index (χ3n) is 4.11. The molecule has 0 bridgehead atoms. The standard InChI is InChI=1S/C20H21ClN2O3/c1-13(26-18-5-3-2-4-17(18)21)19(24)22-12-14-6-8-15(9-7-14)20(25)23-16-10-11-16/h2-9,13,16H,10-12H2,1H3,(H,22,24)(H,23,25). The Hall–Kier alpha value is -2.53. The van der Waals surface area contributed by atoms with Crippen molar-refractivity contribution in [1.82, 2.24) is 10.6 Å². The number of ether oxygens (including phenoxy) is 1. The molecule has 6 heteroatoms. The van der Waals surface area contributed by atoms with Crippen LogP contribution in [0.4, 0.5) is 0 Å². The molecule has 1 aliphatic carbocycles. The van der Waals surface area contributed by atoms with Gasteiger partial charge in [0.25, 0.3) is 11.8 Å². The van der Waals surface area contributed by atoms with Crippen LogP contribution in [0.25, 0.3) is 0 Å². The van der Waals surface area contributed by atoms with Crippen molar-refractivity contribution in [2.45, 2.75) is 38.5 Å². The number of nitrogens with one attached hydrogen (secondary N) is 2. The molecule has 2 amide bonds. The average Bonchev–Trinajstić information content (AvgIpc) is 3.46. The first kappa shape index (κ1) is 18.3. The van der Waals surface area contributed by atoms with Crippen molar-refractivity contribution < 1.29 is 14.3 Å². The smallest absolute Gasteiger partial charge is 0.261 e. The third-order valence-corrected chi connectivity index (χ3v) is 4.42. The molecule has 0 aliphatic heterocycles. The molecule has 1 unspecified atom stereocenters. The van der Waals surface area contributed by atoms with Crippen molar-refractivity contribution in [3.63, 3.8) is 0 Å². The summed E-state index contributed by atoms with van der Waals surface area (Å²) < 4.78 is 5.59. The van der Waals surface area contributed by atoms with Gasteiger partial charge in [0.1, 0.15) is 5.75 Å². The van der Waals surface area contributed by atoms with E-state index < -0.39 is 6.10 Å². The van der Waals surface area contributed by atoms with Gasteiger partial charge in [-0.2, -0.15) is 0 Å². The van der Waals surface area contributed by atoms with Crippen LogP contribution in [0.3, 0.4) is 0 Å². The number of halogens is 1. The van der Waals surface area contributed by atoms with Crippen molar-refractivity contribution >= 4 is 23.4 Å². The van der Waals surface area contributed by atoms with E-state index in [2.05, 4.69) is 10.6 Å². The summed E-state index contributed by atoms with van der Waals surface area (Å²) in [5.74, 6) is 0.188. The van der Waals surface area contributed by atoms with Gasteiger partial charge in [-0.15, -0.1) is 0 Å². The summed E-state index contributed by atoms with van der Waals surface area (Å²) in [4.78, 5) is 24.1. The molecule has 0 aromatic heterocycles. The number of amides is 2. The van der Waals surface area contributed by atoms with Crippen LogP contribution in [-0.2, 0) is 11.3 Å². The van der Waals surface area contributed by atoms with Gasteiger partial charge in [-0.3, -0.25) is 9.59 Å². The summed E-state index contributed by atoms with van der Waals surface area (Å²) in [6.07, 6.45) is 1.45. The van der Waals surface area contributed by atoms with Gasteiger partial charge in [0.2, 0.25) is 0 Å². The zero-order valence-corrected chi connectivity index (χ0v) is 15.3. The van der Waals surface area contributed by atoms with Crippen LogP contribution in [0.1, 0.15) is 35.7 Å². The summed E-state index contributed by atoms with van der Waals surface area (Å²) in [6, 6.07) is 14.6. The molecule has 1 aliphatic rings. The minimum Gasteiger partial charge on any atom is -0.479 e. The lowest BCUT2D eigenvalue weighted by Crippen LogP contribution is -2.36. The van der Waals surface area contributed by atoms with Crippen LogP contribution in [0.2, 0.25) is 5.02 Å². The maximum atomic E-state index is 12.2. The van der Waals surface area contributed by atoms with E-state index in [9.17, 15) is 9.59 Å². The minimum atomic E-state index is -0.668. The van der Waals surface area contributed by atoms with E-state index in [4.69, 9.17) is 16.3 Å². The predicted octanol–water partition coefficient (Wildman–Crippen LogP) is 3.32. The highest BCUT2D eigenvalue weighted by molar-refractivity contribution is 6.32. The Morgan fingerprint density at radius 1 is 1.15 bits per heavy atom. The molecule has 136 valence electrons. The molecular formula is C20H21ClN2O3. The first-order valence-electron chi connectivity index (χ1n) is 8.61. The highest BCUT2D eigenvalue weighted by Gasteiger charge is 2.23. The summed E-state index contributed by atoms with van der Waals surface area (Å²) >= 11 is 6.03. The molecule has 5 nitrogen and oxygen atoms in total. The summed E-state index contributed by atoms with van der Waals surface area (Å²) in [5, 5.41) is 6.23. The second kappa shape index (κ2) is 8.23. The molecule has 1 saturated carbocycles. The van der Waals surface area contributed by atoms with E-state index in [0.29, 0.717) is 28.9 Å². The molecule has 2 aromatic carbocycles. The molecule has 0 heterocycles. The van der Waals surface area contributed by atoms with Crippen LogP contribution in [0.15, 0.2) is 48.5 Å². The van der Waals surface area contributed by atoms with Crippen molar-refractivity contribution in [3.8, 4) is 5.75 Å². The molecular weight excluding hydrogens is 352 g/mol. The highest BCUT2D eigenvalue weighted by atomic mass is 35.5. The van der Waals surface area contributed by atoms with Crippen LogP contribution < -0.4 is 15.4 Å². The van der Waals surface area contributed by atoms with Gasteiger partial charge in [-0.25, -0.2) is 0 Å². The van der Waals surface area contributed by atoms with E-state index in [1.54, 1.807) is 43.3 Å². The highest BCUT2D eigenvalue weighted by Crippen LogP contribution is 2.24. The minimum absolute atomic E-state index is 0.0511. The second-order valence-corrected chi connectivity index (χ2v) is 6.76. The largest absolute Gasteiger partial charge is 0.479 e. The van der Waals surface area contributed by atoms with Crippen molar-refractivity contribution in [2.75, 3.05) is 0 Å². The van der Waals surface area contributed by atoms with Crippen LogP contribution in [0, 0.1) is 0 Å². The van der Waals surface area contributed by atoms with Crippen LogP contribution in [-0.4, -0.2) is 24.0 Å². The predicted molar refractivity (Wildman–Crippen MR) is 100 cm³/mol. The fourth-order valence-electron chi connectivity index (χ4n) is 2.39. The number of hydrogen-bond acceptors (Lipinski definition) is 3. The molecule has 0 radical (unpaired) electrons. The number of rotatable bonds is 7. The Morgan fingerprint density at radius 2 is 1.85 bits per heavy atom. The van der Waals surface area contributed by atoms with Gasteiger partial charge in [-0.1, -0.05) is 35.9 Å². The monoisotopic (exact) mass is 372 g/mol. The first-order valence-corrected chi connectivity index (χ1v) is 8.99. The molecule has 2 N–H and O–H groups in total. The van der Waals surface area contributed by atoms with Crippen LogP contribution >= 0.6 is 11.6 Å². The van der Waals surface area contributed by atoms with E-state index in [0.717, 1.165) is 18.4 Å². The van der Waals surface area contributed by atoms with Crippen molar-refractivity contribution in [1.29, 1.82) is 0 Å². The Bertz CT molecular complexity index is 788. The molecule has 1 fully saturated rings. The quantitative estimate of drug-likeness (QED) is 0.783. The van der Waals surface area contributed by atoms with E-state index in [1.807, 2.05) is 12.1 Å². The summed E-state index contributed by atoms with van der Waals surface area (Å²) in [7, 11) is 0. The van der Waals surface area contributed by atoms with Gasteiger partial charge < -0.3 is 15.4 Å². The number of para-hydroxylation sites is 1. The molecule has 0 spiro atoms. The first-order chi connectivity index (χ1) is 12.5. The maximum absolute atomic E-state index is 12.2. The lowest BCUT2D eigenvalue weighted by Gasteiger charge is -2.15. The van der Waals surface area contributed by atoms with E-state index in [1.165, 1.54) is 0 Å². The Labute approximate surface area is 157 Å². The molecule has 3 rings (SSSR count). The fourth-order valence-corrected chi connectivity index (χ4v) is 2.57. The topological polar surface area (TPSA) is 67.4 Å². The van der Waals surface area contributed by atoms with Crippen molar-refractivity contribution in [2.24, 2.45) is 0 Å². The Kier molecular flexibility index (Phi) is 5.78. The van der Waals surface area contributed by atoms with Gasteiger partial charge in [0.15, 0.2) is 6.10 Å². The summed E-state index contributed by atoms with van der Waals surface area (Å²) in [5.41, 5.74) is 1.54.